The zero-order chi connectivity index (χ0) is 11.4. The standard InChI is InChI=1S/C14H14BrN/c1-11-10-16-8-7-13(11)9-14(15)12-5-3-2-4-6-12/h2-8,10,14H,9H2,1H3. The van der Waals surface area contributed by atoms with Crippen LogP contribution in [-0.4, -0.2) is 4.98 Å². The van der Waals surface area contributed by atoms with Gasteiger partial charge in [-0.25, -0.2) is 0 Å². The summed E-state index contributed by atoms with van der Waals surface area (Å²) in [4.78, 5) is 4.48. The molecule has 1 aromatic heterocycles. The van der Waals surface area contributed by atoms with E-state index in [0.717, 1.165) is 6.42 Å². The van der Waals surface area contributed by atoms with E-state index < -0.39 is 0 Å². The Hall–Kier alpha value is -1.15. The van der Waals surface area contributed by atoms with Gasteiger partial charge in [0.25, 0.3) is 0 Å². The van der Waals surface area contributed by atoms with Crippen LogP contribution in [0.2, 0.25) is 0 Å². The molecular formula is C14H14BrN. The van der Waals surface area contributed by atoms with E-state index in [2.05, 4.69) is 58.2 Å². The van der Waals surface area contributed by atoms with E-state index in [4.69, 9.17) is 0 Å². The number of hydrogen-bond acceptors (Lipinski definition) is 1. The highest BCUT2D eigenvalue weighted by molar-refractivity contribution is 9.09. The molecule has 0 spiro atoms. The van der Waals surface area contributed by atoms with Crippen LogP contribution < -0.4 is 0 Å². The van der Waals surface area contributed by atoms with E-state index in [-0.39, 0.29) is 0 Å². The zero-order valence-electron chi connectivity index (χ0n) is 9.23. The van der Waals surface area contributed by atoms with Gasteiger partial charge in [-0.1, -0.05) is 46.3 Å². The van der Waals surface area contributed by atoms with Gasteiger partial charge in [0.1, 0.15) is 0 Å². The summed E-state index contributed by atoms with van der Waals surface area (Å²) < 4.78 is 0. The minimum Gasteiger partial charge on any atom is -0.264 e. The van der Waals surface area contributed by atoms with Crippen LogP contribution in [0, 0.1) is 6.92 Å². The van der Waals surface area contributed by atoms with Gasteiger partial charge in [0.2, 0.25) is 0 Å². The molecule has 0 aliphatic carbocycles. The van der Waals surface area contributed by atoms with Crippen LogP contribution in [0.25, 0.3) is 0 Å². The fourth-order valence-corrected chi connectivity index (χ4v) is 2.36. The molecule has 0 saturated carbocycles. The Labute approximate surface area is 105 Å². The van der Waals surface area contributed by atoms with Crippen molar-refractivity contribution in [3.05, 3.63) is 65.5 Å². The van der Waals surface area contributed by atoms with Crippen LogP contribution in [0.1, 0.15) is 21.5 Å². The summed E-state index contributed by atoms with van der Waals surface area (Å²) >= 11 is 3.74. The van der Waals surface area contributed by atoms with Gasteiger partial charge in [-0.15, -0.1) is 0 Å². The van der Waals surface area contributed by atoms with Gasteiger partial charge in [0.15, 0.2) is 0 Å². The minimum absolute atomic E-state index is 0.370. The van der Waals surface area contributed by atoms with Crippen LogP contribution in [0.4, 0.5) is 0 Å². The molecule has 0 N–H and O–H groups in total. The molecule has 0 fully saturated rings. The Morgan fingerprint density at radius 2 is 1.94 bits per heavy atom. The van der Waals surface area contributed by atoms with Crippen molar-refractivity contribution in [1.29, 1.82) is 0 Å². The third-order valence-electron chi connectivity index (χ3n) is 2.70. The highest BCUT2D eigenvalue weighted by Gasteiger charge is 2.09. The predicted octanol–water partition coefficient (Wildman–Crippen LogP) is 4.07. The van der Waals surface area contributed by atoms with E-state index in [1.807, 2.05) is 18.5 Å². The van der Waals surface area contributed by atoms with Crippen LogP contribution in [0.3, 0.4) is 0 Å². The lowest BCUT2D eigenvalue weighted by atomic mass is 10.0. The van der Waals surface area contributed by atoms with Crippen molar-refractivity contribution in [3.8, 4) is 0 Å². The first-order valence-corrected chi connectivity index (χ1v) is 6.27. The second-order valence-electron chi connectivity index (χ2n) is 3.88. The lowest BCUT2D eigenvalue weighted by Gasteiger charge is -2.11. The number of aryl methyl sites for hydroxylation is 1. The summed E-state index contributed by atoms with van der Waals surface area (Å²) in [6, 6.07) is 12.6. The smallest absolute Gasteiger partial charge is 0.0435 e. The number of aromatic nitrogens is 1. The zero-order valence-corrected chi connectivity index (χ0v) is 10.8. The molecule has 1 unspecified atom stereocenters. The van der Waals surface area contributed by atoms with Gasteiger partial charge in [0, 0.05) is 17.2 Å². The van der Waals surface area contributed by atoms with E-state index >= 15 is 0 Å². The second-order valence-corrected chi connectivity index (χ2v) is 4.99. The normalized spacial score (nSPS) is 12.4. The van der Waals surface area contributed by atoms with Crippen molar-refractivity contribution in [3.63, 3.8) is 0 Å². The number of rotatable bonds is 3. The molecule has 2 heteroatoms. The largest absolute Gasteiger partial charge is 0.264 e. The fraction of sp³-hybridized carbons (Fsp3) is 0.214. The minimum atomic E-state index is 0.370. The van der Waals surface area contributed by atoms with Gasteiger partial charge in [0.05, 0.1) is 0 Å². The first-order valence-electron chi connectivity index (χ1n) is 5.36. The third-order valence-corrected chi connectivity index (χ3v) is 3.55. The van der Waals surface area contributed by atoms with Crippen LogP contribution in [0.15, 0.2) is 48.8 Å². The summed E-state index contributed by atoms with van der Waals surface area (Å²) in [5.74, 6) is 0. The van der Waals surface area contributed by atoms with Gasteiger partial charge >= 0.3 is 0 Å². The lowest BCUT2D eigenvalue weighted by Crippen LogP contribution is -1.97. The maximum atomic E-state index is 4.11. The van der Waals surface area contributed by atoms with Crippen LogP contribution >= 0.6 is 15.9 Å². The van der Waals surface area contributed by atoms with Crippen molar-refractivity contribution < 1.29 is 0 Å². The van der Waals surface area contributed by atoms with Crippen molar-refractivity contribution in [1.82, 2.24) is 4.98 Å². The van der Waals surface area contributed by atoms with Crippen LogP contribution in [-0.2, 0) is 6.42 Å². The Morgan fingerprint density at radius 3 is 2.62 bits per heavy atom. The van der Waals surface area contributed by atoms with Gasteiger partial charge in [-0.3, -0.25) is 4.98 Å². The number of alkyl halides is 1. The Balaban J connectivity index is 2.14. The number of benzene rings is 1. The third kappa shape index (κ3) is 2.70. The Kier molecular flexibility index (Phi) is 3.73. The summed E-state index contributed by atoms with van der Waals surface area (Å²) in [6.45, 7) is 2.10. The summed E-state index contributed by atoms with van der Waals surface area (Å²) in [6.07, 6.45) is 4.77. The summed E-state index contributed by atoms with van der Waals surface area (Å²) in [5.41, 5.74) is 3.92. The van der Waals surface area contributed by atoms with Crippen molar-refractivity contribution in [2.45, 2.75) is 18.2 Å². The van der Waals surface area contributed by atoms with Crippen molar-refractivity contribution in [2.24, 2.45) is 0 Å². The Morgan fingerprint density at radius 1 is 1.19 bits per heavy atom. The second kappa shape index (κ2) is 5.26. The summed E-state index contributed by atoms with van der Waals surface area (Å²) in [5, 5.41) is 0. The van der Waals surface area contributed by atoms with E-state index in [0.29, 0.717) is 4.83 Å². The molecule has 0 bridgehead atoms. The first kappa shape index (κ1) is 11.3. The molecule has 1 heterocycles. The molecule has 2 rings (SSSR count). The first-order chi connectivity index (χ1) is 7.77. The monoisotopic (exact) mass is 275 g/mol. The molecule has 0 amide bonds. The van der Waals surface area contributed by atoms with E-state index in [1.54, 1.807) is 0 Å². The molecular weight excluding hydrogens is 262 g/mol. The van der Waals surface area contributed by atoms with Crippen molar-refractivity contribution >= 4 is 15.9 Å². The van der Waals surface area contributed by atoms with E-state index in [9.17, 15) is 0 Å². The molecule has 0 aliphatic heterocycles. The molecule has 0 radical (unpaired) electrons. The van der Waals surface area contributed by atoms with E-state index in [1.165, 1.54) is 16.7 Å². The molecule has 0 saturated heterocycles. The highest BCUT2D eigenvalue weighted by atomic mass is 79.9. The molecule has 0 aliphatic rings. The molecule has 1 atom stereocenters. The van der Waals surface area contributed by atoms with Crippen LogP contribution in [0.5, 0.6) is 0 Å². The predicted molar refractivity (Wildman–Crippen MR) is 70.8 cm³/mol. The molecule has 82 valence electrons. The SMILES string of the molecule is Cc1cnccc1CC(Br)c1ccccc1. The highest BCUT2D eigenvalue weighted by Crippen LogP contribution is 2.27. The number of hydrogen-bond donors (Lipinski definition) is 0. The molecule has 1 nitrogen and oxygen atoms in total. The molecule has 2 aromatic rings. The maximum absolute atomic E-state index is 4.11. The average Bonchev–Trinajstić information content (AvgIpc) is 2.33. The Bertz CT molecular complexity index is 453. The number of pyridine rings is 1. The molecule has 1 aromatic carbocycles. The van der Waals surface area contributed by atoms with Gasteiger partial charge in [-0.2, -0.15) is 0 Å². The van der Waals surface area contributed by atoms with Crippen molar-refractivity contribution in [2.75, 3.05) is 0 Å². The summed E-state index contributed by atoms with van der Waals surface area (Å²) in [7, 11) is 0. The van der Waals surface area contributed by atoms with Gasteiger partial charge in [-0.05, 0) is 36.1 Å². The number of halogens is 1. The average molecular weight is 276 g/mol. The number of nitrogens with zero attached hydrogens (tertiary/aromatic N) is 1. The quantitative estimate of drug-likeness (QED) is 0.770. The fourth-order valence-electron chi connectivity index (χ4n) is 1.70. The topological polar surface area (TPSA) is 12.9 Å². The molecule has 16 heavy (non-hydrogen) atoms. The maximum Gasteiger partial charge on any atom is 0.0435 e. The lowest BCUT2D eigenvalue weighted by molar-refractivity contribution is 0.932. The van der Waals surface area contributed by atoms with Gasteiger partial charge < -0.3 is 0 Å².